The van der Waals surface area contributed by atoms with Crippen LogP contribution in [0.15, 0.2) is 35.2 Å². The number of sulfonamides is 1. The Labute approximate surface area is 165 Å². The first kappa shape index (κ1) is 19.9. The number of hydrogen-bond donors (Lipinski definition) is 0. The number of benzene rings is 1. The fourth-order valence-electron chi connectivity index (χ4n) is 2.92. The van der Waals surface area contributed by atoms with Gasteiger partial charge in [0.1, 0.15) is 11.6 Å². The van der Waals surface area contributed by atoms with Gasteiger partial charge in [-0.25, -0.2) is 13.4 Å². The average Bonchev–Trinajstić information content (AvgIpc) is 2.61. The molecule has 1 aliphatic heterocycles. The SMILES string of the molecule is Cc1nc(OC(C)C)cc(N2CCN(S(=O)(=O)c3cccc(Cl)c3)CC2)n1. The molecule has 0 atom stereocenters. The van der Waals surface area contributed by atoms with Crippen molar-refractivity contribution in [1.29, 1.82) is 0 Å². The van der Waals surface area contributed by atoms with Gasteiger partial charge in [0.15, 0.2) is 0 Å². The van der Waals surface area contributed by atoms with Crippen LogP contribution < -0.4 is 9.64 Å². The van der Waals surface area contributed by atoms with Gasteiger partial charge in [-0.05, 0) is 39.0 Å². The lowest BCUT2D eigenvalue weighted by molar-refractivity contribution is 0.231. The van der Waals surface area contributed by atoms with Crippen LogP contribution in [0.2, 0.25) is 5.02 Å². The second-order valence-electron chi connectivity index (χ2n) is 6.63. The molecular weight excluding hydrogens is 388 g/mol. The third kappa shape index (κ3) is 4.69. The van der Waals surface area contributed by atoms with E-state index in [4.69, 9.17) is 16.3 Å². The zero-order valence-corrected chi connectivity index (χ0v) is 17.2. The van der Waals surface area contributed by atoms with Crippen LogP contribution in [0.4, 0.5) is 5.82 Å². The van der Waals surface area contributed by atoms with E-state index in [1.807, 2.05) is 25.7 Å². The number of aryl methyl sites for hydroxylation is 1. The van der Waals surface area contributed by atoms with Gasteiger partial charge in [0.05, 0.1) is 11.0 Å². The second-order valence-corrected chi connectivity index (χ2v) is 9.00. The lowest BCUT2D eigenvalue weighted by atomic mass is 10.3. The highest BCUT2D eigenvalue weighted by Crippen LogP contribution is 2.24. The largest absolute Gasteiger partial charge is 0.475 e. The highest BCUT2D eigenvalue weighted by molar-refractivity contribution is 7.89. The van der Waals surface area contributed by atoms with Gasteiger partial charge in [-0.15, -0.1) is 0 Å². The zero-order chi connectivity index (χ0) is 19.6. The van der Waals surface area contributed by atoms with E-state index in [1.165, 1.54) is 10.4 Å². The van der Waals surface area contributed by atoms with Crippen LogP contribution in [0, 0.1) is 6.92 Å². The lowest BCUT2D eigenvalue weighted by Crippen LogP contribution is -2.49. The van der Waals surface area contributed by atoms with Crippen LogP contribution in [0.5, 0.6) is 5.88 Å². The van der Waals surface area contributed by atoms with Crippen molar-refractivity contribution in [2.45, 2.75) is 31.8 Å². The van der Waals surface area contributed by atoms with Crippen LogP contribution in [-0.4, -0.2) is 55.0 Å². The van der Waals surface area contributed by atoms with Crippen molar-refractivity contribution in [3.05, 3.63) is 41.2 Å². The van der Waals surface area contributed by atoms with Crippen LogP contribution in [0.25, 0.3) is 0 Å². The Bertz CT molecular complexity index is 913. The Morgan fingerprint density at radius 3 is 2.44 bits per heavy atom. The molecule has 0 saturated carbocycles. The number of halogens is 1. The van der Waals surface area contributed by atoms with Gasteiger partial charge in [-0.3, -0.25) is 0 Å². The maximum atomic E-state index is 12.8. The van der Waals surface area contributed by atoms with E-state index in [1.54, 1.807) is 24.3 Å². The molecule has 0 N–H and O–H groups in total. The van der Waals surface area contributed by atoms with Gasteiger partial charge >= 0.3 is 0 Å². The van der Waals surface area contributed by atoms with E-state index in [0.29, 0.717) is 42.9 Å². The highest BCUT2D eigenvalue weighted by Gasteiger charge is 2.29. The van der Waals surface area contributed by atoms with Gasteiger partial charge in [0, 0.05) is 37.3 Å². The Morgan fingerprint density at radius 2 is 1.81 bits per heavy atom. The molecule has 1 aromatic heterocycles. The molecule has 1 saturated heterocycles. The minimum Gasteiger partial charge on any atom is -0.475 e. The number of nitrogens with zero attached hydrogens (tertiary/aromatic N) is 4. The molecule has 0 aliphatic carbocycles. The third-order valence-corrected chi connectivity index (χ3v) is 6.28. The van der Waals surface area contributed by atoms with E-state index in [2.05, 4.69) is 9.97 Å². The van der Waals surface area contributed by atoms with Crippen molar-refractivity contribution in [3.63, 3.8) is 0 Å². The number of rotatable bonds is 5. The molecule has 0 spiro atoms. The molecule has 0 unspecified atom stereocenters. The molecule has 0 bridgehead atoms. The summed E-state index contributed by atoms with van der Waals surface area (Å²) in [7, 11) is -3.56. The fourth-order valence-corrected chi connectivity index (χ4v) is 4.65. The van der Waals surface area contributed by atoms with Crippen LogP contribution in [-0.2, 0) is 10.0 Å². The van der Waals surface area contributed by atoms with Crippen molar-refractivity contribution in [3.8, 4) is 5.88 Å². The van der Waals surface area contributed by atoms with Crippen molar-refractivity contribution < 1.29 is 13.2 Å². The monoisotopic (exact) mass is 410 g/mol. The molecule has 2 aromatic rings. The molecule has 3 rings (SSSR count). The van der Waals surface area contributed by atoms with Crippen LogP contribution in [0.3, 0.4) is 0 Å². The summed E-state index contributed by atoms with van der Waals surface area (Å²) < 4.78 is 32.8. The summed E-state index contributed by atoms with van der Waals surface area (Å²) in [6, 6.07) is 8.15. The molecule has 9 heteroatoms. The third-order valence-electron chi connectivity index (χ3n) is 4.15. The molecule has 146 valence electrons. The van der Waals surface area contributed by atoms with Crippen molar-refractivity contribution in [2.75, 3.05) is 31.1 Å². The first-order valence-electron chi connectivity index (χ1n) is 8.79. The first-order valence-corrected chi connectivity index (χ1v) is 10.6. The summed E-state index contributed by atoms with van der Waals surface area (Å²) in [6.45, 7) is 7.52. The summed E-state index contributed by atoms with van der Waals surface area (Å²) in [4.78, 5) is 11.0. The molecular formula is C18H23ClN4O3S. The van der Waals surface area contributed by atoms with Gasteiger partial charge in [0.25, 0.3) is 0 Å². The first-order chi connectivity index (χ1) is 12.8. The van der Waals surface area contributed by atoms with E-state index in [9.17, 15) is 8.42 Å². The standard InChI is InChI=1S/C18H23ClN4O3S/c1-13(2)26-18-12-17(20-14(3)21-18)22-7-9-23(10-8-22)27(24,25)16-6-4-5-15(19)11-16/h4-6,11-13H,7-10H2,1-3H3. The van der Waals surface area contributed by atoms with E-state index < -0.39 is 10.0 Å². The summed E-state index contributed by atoms with van der Waals surface area (Å²) in [5.74, 6) is 1.90. The predicted molar refractivity (Wildman–Crippen MR) is 105 cm³/mol. The van der Waals surface area contributed by atoms with E-state index in [-0.39, 0.29) is 11.0 Å². The molecule has 1 fully saturated rings. The quantitative estimate of drug-likeness (QED) is 0.754. The average molecular weight is 411 g/mol. The molecule has 27 heavy (non-hydrogen) atoms. The van der Waals surface area contributed by atoms with Gasteiger partial charge < -0.3 is 9.64 Å². The molecule has 1 aromatic carbocycles. The Balaban J connectivity index is 1.73. The number of anilines is 1. The van der Waals surface area contributed by atoms with E-state index in [0.717, 1.165) is 5.82 Å². The molecule has 0 radical (unpaired) electrons. The normalized spacial score (nSPS) is 16.0. The summed E-state index contributed by atoms with van der Waals surface area (Å²) >= 11 is 5.94. The number of hydrogen-bond acceptors (Lipinski definition) is 6. The number of ether oxygens (including phenoxy) is 1. The van der Waals surface area contributed by atoms with Gasteiger partial charge in [0.2, 0.25) is 15.9 Å². The topological polar surface area (TPSA) is 75.6 Å². The Kier molecular flexibility index (Phi) is 5.88. The van der Waals surface area contributed by atoms with E-state index >= 15 is 0 Å². The number of aromatic nitrogens is 2. The van der Waals surface area contributed by atoms with Crippen molar-refractivity contribution >= 4 is 27.4 Å². The molecule has 0 amide bonds. The smallest absolute Gasteiger partial charge is 0.243 e. The minimum atomic E-state index is -3.56. The Hall–Kier alpha value is -1.90. The summed E-state index contributed by atoms with van der Waals surface area (Å²) in [5.41, 5.74) is 0. The van der Waals surface area contributed by atoms with Gasteiger partial charge in [-0.2, -0.15) is 9.29 Å². The second kappa shape index (κ2) is 8.00. The zero-order valence-electron chi connectivity index (χ0n) is 15.6. The molecule has 2 heterocycles. The van der Waals surface area contributed by atoms with Crippen LogP contribution >= 0.6 is 11.6 Å². The summed E-state index contributed by atoms with van der Waals surface area (Å²) in [6.07, 6.45) is 0.0202. The molecule has 7 nitrogen and oxygen atoms in total. The fraction of sp³-hybridized carbons (Fsp3) is 0.444. The van der Waals surface area contributed by atoms with Gasteiger partial charge in [-0.1, -0.05) is 17.7 Å². The van der Waals surface area contributed by atoms with Crippen molar-refractivity contribution in [2.24, 2.45) is 0 Å². The lowest BCUT2D eigenvalue weighted by Gasteiger charge is -2.34. The maximum Gasteiger partial charge on any atom is 0.243 e. The number of piperazine rings is 1. The highest BCUT2D eigenvalue weighted by atomic mass is 35.5. The van der Waals surface area contributed by atoms with Crippen LogP contribution in [0.1, 0.15) is 19.7 Å². The Morgan fingerprint density at radius 1 is 1.11 bits per heavy atom. The molecule has 1 aliphatic rings. The predicted octanol–water partition coefficient (Wildman–Crippen LogP) is 2.74. The summed E-state index contributed by atoms with van der Waals surface area (Å²) in [5, 5.41) is 0.406. The maximum absolute atomic E-state index is 12.8. The minimum absolute atomic E-state index is 0.0202. The van der Waals surface area contributed by atoms with Crippen molar-refractivity contribution in [1.82, 2.24) is 14.3 Å².